The summed E-state index contributed by atoms with van der Waals surface area (Å²) in [5.74, 6) is 2.92. The van der Waals surface area contributed by atoms with Crippen molar-refractivity contribution in [3.8, 4) is 17.2 Å². The number of carbonyl (C=O) groups is 1. The number of carbonyl (C=O) groups excluding carboxylic acids is 1. The Labute approximate surface area is 192 Å². The molecular formula is C26H25N3O4. The smallest absolute Gasteiger partial charge is 0.242 e. The summed E-state index contributed by atoms with van der Waals surface area (Å²) in [5, 5.41) is 0. The average molecular weight is 444 g/mol. The summed E-state index contributed by atoms with van der Waals surface area (Å²) in [5.41, 5.74) is 2.73. The van der Waals surface area contributed by atoms with Gasteiger partial charge in [-0.05, 0) is 42.0 Å². The van der Waals surface area contributed by atoms with Gasteiger partial charge < -0.3 is 23.7 Å². The monoisotopic (exact) mass is 443 g/mol. The van der Waals surface area contributed by atoms with Crippen molar-refractivity contribution in [3.05, 3.63) is 84.2 Å². The van der Waals surface area contributed by atoms with Crippen LogP contribution in [0.4, 0.5) is 0 Å². The summed E-state index contributed by atoms with van der Waals surface area (Å²) in [6, 6.07) is 23.2. The molecule has 1 aliphatic heterocycles. The highest BCUT2D eigenvalue weighted by atomic mass is 16.6. The molecule has 0 radical (unpaired) electrons. The van der Waals surface area contributed by atoms with Crippen molar-refractivity contribution in [3.63, 3.8) is 0 Å². The Balaban J connectivity index is 1.32. The number of hydrogen-bond acceptors (Lipinski definition) is 5. The number of aromatic nitrogens is 2. The van der Waals surface area contributed by atoms with Gasteiger partial charge in [-0.2, -0.15) is 0 Å². The van der Waals surface area contributed by atoms with E-state index in [2.05, 4.69) is 0 Å². The number of para-hydroxylation sites is 3. The van der Waals surface area contributed by atoms with Crippen molar-refractivity contribution in [1.29, 1.82) is 0 Å². The number of ether oxygens (including phenoxy) is 3. The standard InChI is InChI=1S/C26H25N3O4/c1-28(16-19-11-12-23-24(15-19)32-14-13-31-23)26(30)17-29-22-10-6-5-9-21(22)27-25(29)18-33-20-7-3-2-4-8-20/h2-12,15H,13-14,16-18H2,1H3. The van der Waals surface area contributed by atoms with Crippen molar-refractivity contribution < 1.29 is 19.0 Å². The molecule has 0 bridgehead atoms. The van der Waals surface area contributed by atoms with Crippen LogP contribution in [0, 0.1) is 0 Å². The second-order valence-corrected chi connectivity index (χ2v) is 7.93. The fourth-order valence-electron chi connectivity index (χ4n) is 3.88. The van der Waals surface area contributed by atoms with Crippen molar-refractivity contribution in [2.75, 3.05) is 20.3 Å². The van der Waals surface area contributed by atoms with Crippen LogP contribution >= 0.6 is 0 Å². The molecule has 1 amide bonds. The minimum Gasteiger partial charge on any atom is -0.486 e. The van der Waals surface area contributed by atoms with Gasteiger partial charge in [0.1, 0.15) is 37.9 Å². The van der Waals surface area contributed by atoms with Crippen molar-refractivity contribution >= 4 is 16.9 Å². The minimum absolute atomic E-state index is 0.0194. The molecule has 2 heterocycles. The van der Waals surface area contributed by atoms with Gasteiger partial charge in [-0.15, -0.1) is 0 Å². The fourth-order valence-corrected chi connectivity index (χ4v) is 3.88. The molecule has 0 saturated heterocycles. The SMILES string of the molecule is CN(Cc1ccc2c(c1)OCCO2)C(=O)Cn1c(COc2ccccc2)nc2ccccc21. The predicted octanol–water partition coefficient (Wildman–Crippen LogP) is 4.05. The van der Waals surface area contributed by atoms with E-state index in [0.717, 1.165) is 33.8 Å². The molecule has 3 aromatic carbocycles. The summed E-state index contributed by atoms with van der Waals surface area (Å²) in [6.07, 6.45) is 0. The topological polar surface area (TPSA) is 65.8 Å². The second kappa shape index (κ2) is 9.24. The van der Waals surface area contributed by atoms with Gasteiger partial charge in [-0.25, -0.2) is 4.98 Å². The summed E-state index contributed by atoms with van der Waals surface area (Å²) in [6.45, 7) is 2.01. The van der Waals surface area contributed by atoms with Gasteiger partial charge in [0.25, 0.3) is 0 Å². The summed E-state index contributed by atoms with van der Waals surface area (Å²) in [7, 11) is 1.80. The first kappa shape index (κ1) is 20.9. The van der Waals surface area contributed by atoms with E-state index in [4.69, 9.17) is 19.2 Å². The Hall–Kier alpha value is -4.00. The van der Waals surface area contributed by atoms with Gasteiger partial charge in [-0.1, -0.05) is 36.4 Å². The number of likely N-dealkylation sites (N-methyl/N-ethyl adjacent to an activating group) is 1. The molecule has 168 valence electrons. The minimum atomic E-state index is -0.0194. The van der Waals surface area contributed by atoms with E-state index in [0.29, 0.717) is 25.6 Å². The molecule has 0 unspecified atom stereocenters. The average Bonchev–Trinajstić information content (AvgIpc) is 3.20. The first-order chi connectivity index (χ1) is 16.2. The van der Waals surface area contributed by atoms with Gasteiger partial charge in [0.2, 0.25) is 5.91 Å². The maximum atomic E-state index is 13.2. The second-order valence-electron chi connectivity index (χ2n) is 7.93. The van der Waals surface area contributed by atoms with Crippen LogP contribution in [0.25, 0.3) is 11.0 Å². The van der Waals surface area contributed by atoms with Crippen LogP contribution in [0.1, 0.15) is 11.4 Å². The number of benzene rings is 3. The van der Waals surface area contributed by atoms with E-state index < -0.39 is 0 Å². The molecule has 0 atom stereocenters. The molecule has 4 aromatic rings. The molecule has 33 heavy (non-hydrogen) atoms. The van der Waals surface area contributed by atoms with E-state index in [1.54, 1.807) is 11.9 Å². The highest BCUT2D eigenvalue weighted by molar-refractivity contribution is 5.81. The zero-order chi connectivity index (χ0) is 22.6. The van der Waals surface area contributed by atoms with E-state index in [1.165, 1.54) is 0 Å². The highest BCUT2D eigenvalue weighted by Crippen LogP contribution is 2.31. The van der Waals surface area contributed by atoms with Gasteiger partial charge >= 0.3 is 0 Å². The van der Waals surface area contributed by atoms with Crippen LogP contribution in [0.3, 0.4) is 0 Å². The Morgan fingerprint density at radius 2 is 1.76 bits per heavy atom. The number of hydrogen-bond donors (Lipinski definition) is 0. The molecule has 1 aliphatic rings. The lowest BCUT2D eigenvalue weighted by Gasteiger charge is -2.22. The molecule has 5 rings (SSSR count). The lowest BCUT2D eigenvalue weighted by Crippen LogP contribution is -2.30. The van der Waals surface area contributed by atoms with Crippen LogP contribution in [0.5, 0.6) is 17.2 Å². The van der Waals surface area contributed by atoms with E-state index in [1.807, 2.05) is 77.4 Å². The first-order valence-electron chi connectivity index (χ1n) is 10.9. The molecular weight excluding hydrogens is 418 g/mol. The number of fused-ring (bicyclic) bond motifs is 2. The lowest BCUT2D eigenvalue weighted by atomic mass is 10.2. The molecule has 0 aliphatic carbocycles. The van der Waals surface area contributed by atoms with Crippen LogP contribution in [0.15, 0.2) is 72.8 Å². The normalized spacial score (nSPS) is 12.5. The summed E-state index contributed by atoms with van der Waals surface area (Å²) < 4.78 is 19.1. The highest BCUT2D eigenvalue weighted by Gasteiger charge is 2.18. The molecule has 1 aromatic heterocycles. The van der Waals surface area contributed by atoms with Crippen molar-refractivity contribution in [2.45, 2.75) is 19.7 Å². The lowest BCUT2D eigenvalue weighted by molar-refractivity contribution is -0.131. The van der Waals surface area contributed by atoms with Crippen LogP contribution in [-0.4, -0.2) is 40.6 Å². The predicted molar refractivity (Wildman–Crippen MR) is 124 cm³/mol. The van der Waals surface area contributed by atoms with Crippen molar-refractivity contribution in [1.82, 2.24) is 14.5 Å². The van der Waals surface area contributed by atoms with Gasteiger partial charge in [0.05, 0.1) is 11.0 Å². The van der Waals surface area contributed by atoms with Crippen LogP contribution in [0.2, 0.25) is 0 Å². The van der Waals surface area contributed by atoms with Gasteiger partial charge in [0.15, 0.2) is 11.5 Å². The van der Waals surface area contributed by atoms with Gasteiger partial charge in [0, 0.05) is 13.6 Å². The first-order valence-corrected chi connectivity index (χ1v) is 10.9. The Kier molecular flexibility index (Phi) is 5.85. The van der Waals surface area contributed by atoms with Crippen LogP contribution < -0.4 is 14.2 Å². The summed E-state index contributed by atoms with van der Waals surface area (Å²) >= 11 is 0. The number of imidazole rings is 1. The van der Waals surface area contributed by atoms with E-state index in [-0.39, 0.29) is 19.1 Å². The third-order valence-electron chi connectivity index (χ3n) is 5.59. The molecule has 0 spiro atoms. The molecule has 7 nitrogen and oxygen atoms in total. The third kappa shape index (κ3) is 4.62. The maximum Gasteiger partial charge on any atom is 0.242 e. The molecule has 0 N–H and O–H groups in total. The molecule has 0 saturated carbocycles. The van der Waals surface area contributed by atoms with E-state index >= 15 is 0 Å². The quantitative estimate of drug-likeness (QED) is 0.431. The Bertz CT molecular complexity index is 1270. The Morgan fingerprint density at radius 1 is 1.00 bits per heavy atom. The zero-order valence-corrected chi connectivity index (χ0v) is 18.4. The third-order valence-corrected chi connectivity index (χ3v) is 5.59. The van der Waals surface area contributed by atoms with E-state index in [9.17, 15) is 4.79 Å². The van der Waals surface area contributed by atoms with Crippen LogP contribution in [-0.2, 0) is 24.5 Å². The number of nitrogens with zero attached hydrogens (tertiary/aromatic N) is 3. The molecule has 7 heteroatoms. The molecule has 0 fully saturated rings. The fraction of sp³-hybridized carbons (Fsp3) is 0.231. The maximum absolute atomic E-state index is 13.2. The number of amides is 1. The Morgan fingerprint density at radius 3 is 2.61 bits per heavy atom. The largest absolute Gasteiger partial charge is 0.486 e. The zero-order valence-electron chi connectivity index (χ0n) is 18.4. The summed E-state index contributed by atoms with van der Waals surface area (Å²) in [4.78, 5) is 19.6. The van der Waals surface area contributed by atoms with Gasteiger partial charge in [-0.3, -0.25) is 4.79 Å². The number of rotatable bonds is 7. The van der Waals surface area contributed by atoms with Crippen molar-refractivity contribution in [2.24, 2.45) is 0 Å².